The first kappa shape index (κ1) is 24.1. The Hall–Kier alpha value is -2.22. The van der Waals surface area contributed by atoms with E-state index in [0.717, 1.165) is 24.2 Å². The summed E-state index contributed by atoms with van der Waals surface area (Å²) in [5.74, 6) is -0.358. The molecule has 2 rings (SSSR count). The van der Waals surface area contributed by atoms with Crippen LogP contribution in [0.15, 0.2) is 36.4 Å². The van der Waals surface area contributed by atoms with Crippen molar-refractivity contribution in [1.29, 1.82) is 0 Å². The zero-order valence-corrected chi connectivity index (χ0v) is 18.8. The summed E-state index contributed by atoms with van der Waals surface area (Å²) in [6.07, 6.45) is 1.61. The smallest absolute Gasteiger partial charge is 0.341 e. The molecule has 0 radical (unpaired) electrons. The number of thioether (sulfide) groups is 1. The van der Waals surface area contributed by atoms with Crippen LogP contribution in [0.3, 0.4) is 0 Å². The van der Waals surface area contributed by atoms with Crippen molar-refractivity contribution in [2.45, 2.75) is 12.8 Å². The molecule has 30 heavy (non-hydrogen) atoms. The summed E-state index contributed by atoms with van der Waals surface area (Å²) in [7, 11) is 2.58. The largest absolute Gasteiger partial charge is 0.465 e. The van der Waals surface area contributed by atoms with Gasteiger partial charge in [-0.1, -0.05) is 35.3 Å². The normalized spacial score (nSPS) is 10.4. The molecule has 0 bridgehead atoms. The molecule has 1 amide bonds. The van der Waals surface area contributed by atoms with Crippen molar-refractivity contribution < 1.29 is 23.9 Å². The number of benzene rings is 2. The Balaban J connectivity index is 1.84. The van der Waals surface area contributed by atoms with Crippen LogP contribution in [-0.2, 0) is 20.7 Å². The van der Waals surface area contributed by atoms with Crippen molar-refractivity contribution in [3.8, 4) is 0 Å². The molecule has 0 fully saturated rings. The molecule has 0 aliphatic carbocycles. The molecule has 6 nitrogen and oxygen atoms in total. The van der Waals surface area contributed by atoms with E-state index >= 15 is 0 Å². The average Bonchev–Trinajstić information content (AvgIpc) is 2.72. The molecule has 0 atom stereocenters. The standard InChI is InChI=1S/C21H21Cl2NO5S/c1-28-20(26)14-7-3-5-13(9-14)6-4-8-30-12-18(25)24-17-11-15(22)10-16(23)19(17)21(27)29-2/h3,5,7,9-11H,4,6,8,12H2,1-2H3,(H,24,25). The van der Waals surface area contributed by atoms with E-state index in [9.17, 15) is 14.4 Å². The van der Waals surface area contributed by atoms with Gasteiger partial charge in [0.15, 0.2) is 0 Å². The molecule has 0 aromatic heterocycles. The van der Waals surface area contributed by atoms with Crippen molar-refractivity contribution in [3.63, 3.8) is 0 Å². The fraction of sp³-hybridized carbons (Fsp3) is 0.286. The molecule has 0 saturated carbocycles. The summed E-state index contributed by atoms with van der Waals surface area (Å²) in [5.41, 5.74) is 1.82. The molecule has 0 aliphatic heterocycles. The Kier molecular flexibility index (Phi) is 9.49. The van der Waals surface area contributed by atoms with E-state index in [1.54, 1.807) is 12.1 Å². The van der Waals surface area contributed by atoms with Gasteiger partial charge in [-0.15, -0.1) is 0 Å². The number of anilines is 1. The lowest BCUT2D eigenvalue weighted by Gasteiger charge is -2.12. The number of ether oxygens (including phenoxy) is 2. The van der Waals surface area contributed by atoms with Gasteiger partial charge in [-0.3, -0.25) is 4.79 Å². The lowest BCUT2D eigenvalue weighted by atomic mass is 10.1. The lowest BCUT2D eigenvalue weighted by Crippen LogP contribution is -2.17. The highest BCUT2D eigenvalue weighted by Gasteiger charge is 2.19. The third kappa shape index (κ3) is 6.93. The van der Waals surface area contributed by atoms with E-state index in [4.69, 9.17) is 32.7 Å². The highest BCUT2D eigenvalue weighted by molar-refractivity contribution is 7.99. The predicted molar refractivity (Wildman–Crippen MR) is 120 cm³/mol. The van der Waals surface area contributed by atoms with Crippen LogP contribution in [0, 0.1) is 0 Å². The Bertz CT molecular complexity index is 936. The van der Waals surface area contributed by atoms with Crippen molar-refractivity contribution in [3.05, 3.63) is 63.1 Å². The number of carbonyl (C=O) groups excluding carboxylic acids is 3. The number of amides is 1. The summed E-state index contributed by atoms with van der Waals surface area (Å²) >= 11 is 13.5. The summed E-state index contributed by atoms with van der Waals surface area (Å²) < 4.78 is 9.43. The number of hydrogen-bond donors (Lipinski definition) is 1. The van der Waals surface area contributed by atoms with Crippen LogP contribution in [0.2, 0.25) is 10.0 Å². The Labute approximate surface area is 189 Å². The molecule has 0 spiro atoms. The predicted octanol–water partition coefficient (Wildman–Crippen LogP) is 4.87. The highest BCUT2D eigenvalue weighted by Crippen LogP contribution is 2.30. The number of hydrogen-bond acceptors (Lipinski definition) is 6. The van der Waals surface area contributed by atoms with E-state index in [2.05, 4.69) is 5.32 Å². The van der Waals surface area contributed by atoms with Crippen LogP contribution in [-0.4, -0.2) is 43.6 Å². The first-order valence-electron chi connectivity index (χ1n) is 8.98. The van der Waals surface area contributed by atoms with Gasteiger partial charge in [0.1, 0.15) is 5.56 Å². The minimum atomic E-state index is -0.659. The summed E-state index contributed by atoms with van der Waals surface area (Å²) in [6.45, 7) is 0. The van der Waals surface area contributed by atoms with E-state index < -0.39 is 5.97 Å². The summed E-state index contributed by atoms with van der Waals surface area (Å²) in [4.78, 5) is 35.8. The zero-order valence-electron chi connectivity index (χ0n) is 16.5. The van der Waals surface area contributed by atoms with E-state index in [1.807, 2.05) is 12.1 Å². The second-order valence-corrected chi connectivity index (χ2v) is 8.15. The molecule has 160 valence electrons. The van der Waals surface area contributed by atoms with E-state index in [-0.39, 0.29) is 33.9 Å². The number of halogens is 2. The van der Waals surface area contributed by atoms with Crippen LogP contribution < -0.4 is 5.32 Å². The molecule has 2 aromatic carbocycles. The quantitative estimate of drug-likeness (QED) is 0.416. The maximum absolute atomic E-state index is 12.3. The second-order valence-electron chi connectivity index (χ2n) is 6.20. The van der Waals surface area contributed by atoms with Gasteiger partial charge in [0.2, 0.25) is 5.91 Å². The Morgan fingerprint density at radius 1 is 1.03 bits per heavy atom. The Morgan fingerprint density at radius 3 is 2.47 bits per heavy atom. The topological polar surface area (TPSA) is 81.7 Å². The fourth-order valence-corrected chi connectivity index (χ4v) is 4.00. The van der Waals surface area contributed by atoms with Crippen LogP contribution in [0.1, 0.15) is 32.7 Å². The third-order valence-electron chi connectivity index (χ3n) is 4.05. The molecular weight excluding hydrogens is 449 g/mol. The van der Waals surface area contributed by atoms with Crippen LogP contribution in [0.5, 0.6) is 0 Å². The monoisotopic (exact) mass is 469 g/mol. The van der Waals surface area contributed by atoms with Gasteiger partial charge < -0.3 is 14.8 Å². The molecule has 0 unspecified atom stereocenters. The molecule has 9 heteroatoms. The minimum absolute atomic E-state index is 0.0624. The van der Waals surface area contributed by atoms with Gasteiger partial charge in [-0.25, -0.2) is 9.59 Å². The molecular formula is C21H21Cl2NO5S. The average molecular weight is 470 g/mol. The number of nitrogens with one attached hydrogen (secondary N) is 1. The number of carbonyl (C=O) groups is 3. The summed E-state index contributed by atoms with van der Waals surface area (Å²) in [5, 5.41) is 3.06. The maximum Gasteiger partial charge on any atom is 0.341 e. The van der Waals surface area contributed by atoms with Gasteiger partial charge in [0.25, 0.3) is 0 Å². The van der Waals surface area contributed by atoms with Crippen molar-refractivity contribution >= 4 is 58.5 Å². The highest BCUT2D eigenvalue weighted by atomic mass is 35.5. The molecule has 0 heterocycles. The van der Waals surface area contributed by atoms with Crippen LogP contribution in [0.4, 0.5) is 5.69 Å². The van der Waals surface area contributed by atoms with Crippen LogP contribution in [0.25, 0.3) is 0 Å². The number of aryl methyl sites for hydroxylation is 1. The van der Waals surface area contributed by atoms with Gasteiger partial charge in [-0.05, 0) is 48.4 Å². The van der Waals surface area contributed by atoms with Gasteiger partial charge in [-0.2, -0.15) is 11.8 Å². The van der Waals surface area contributed by atoms with E-state index in [1.165, 1.54) is 38.1 Å². The zero-order chi connectivity index (χ0) is 22.1. The third-order valence-corrected chi connectivity index (χ3v) is 5.61. The molecule has 2 aromatic rings. The number of esters is 2. The molecule has 0 saturated heterocycles. The maximum atomic E-state index is 12.3. The molecule has 1 N–H and O–H groups in total. The first-order valence-corrected chi connectivity index (χ1v) is 10.9. The SMILES string of the molecule is COC(=O)c1cccc(CCCSCC(=O)Nc2cc(Cl)cc(Cl)c2C(=O)OC)c1. The minimum Gasteiger partial charge on any atom is -0.465 e. The van der Waals surface area contributed by atoms with Gasteiger partial charge in [0, 0.05) is 5.02 Å². The van der Waals surface area contributed by atoms with Gasteiger partial charge in [0.05, 0.1) is 36.2 Å². The summed E-state index contributed by atoms with van der Waals surface area (Å²) in [6, 6.07) is 10.1. The van der Waals surface area contributed by atoms with Crippen molar-refractivity contribution in [1.82, 2.24) is 0 Å². The fourth-order valence-electron chi connectivity index (χ4n) is 2.68. The second kappa shape index (κ2) is 11.8. The number of methoxy groups -OCH3 is 2. The number of rotatable bonds is 9. The first-order chi connectivity index (χ1) is 14.3. The Morgan fingerprint density at radius 2 is 1.77 bits per heavy atom. The van der Waals surface area contributed by atoms with Crippen molar-refractivity contribution in [2.24, 2.45) is 0 Å². The lowest BCUT2D eigenvalue weighted by molar-refractivity contribution is -0.113. The van der Waals surface area contributed by atoms with Crippen LogP contribution >= 0.6 is 35.0 Å². The molecule has 0 aliphatic rings. The van der Waals surface area contributed by atoms with E-state index in [0.29, 0.717) is 10.6 Å². The van der Waals surface area contributed by atoms with Gasteiger partial charge >= 0.3 is 11.9 Å². The van der Waals surface area contributed by atoms with Crippen molar-refractivity contribution in [2.75, 3.05) is 31.0 Å².